The maximum atomic E-state index is 11.1. The molecule has 0 atom stereocenters. The Hall–Kier alpha value is -1.31. The average Bonchev–Trinajstić information content (AvgIpc) is 2.30. The van der Waals surface area contributed by atoms with Crippen molar-refractivity contribution >= 4 is 11.5 Å². The van der Waals surface area contributed by atoms with Crippen molar-refractivity contribution in [2.75, 3.05) is 11.9 Å². The lowest BCUT2D eigenvalue weighted by Crippen LogP contribution is -2.20. The van der Waals surface area contributed by atoms with Gasteiger partial charge in [0, 0.05) is 25.1 Å². The Balaban J connectivity index is 1.79. The first-order valence-corrected chi connectivity index (χ1v) is 6.06. The van der Waals surface area contributed by atoms with E-state index in [0.717, 1.165) is 32.2 Å². The summed E-state index contributed by atoms with van der Waals surface area (Å²) in [6.07, 6.45) is 3.66. The quantitative estimate of drug-likeness (QED) is 0.842. The van der Waals surface area contributed by atoms with Crippen molar-refractivity contribution in [2.45, 2.75) is 32.6 Å². The fraction of sp³-hybridized carbons (Fsp3) is 0.500. The van der Waals surface area contributed by atoms with Gasteiger partial charge in [0.25, 0.3) is 0 Å². The van der Waals surface area contributed by atoms with Crippen LogP contribution in [0.25, 0.3) is 0 Å². The Bertz CT molecular complexity index is 346. The molecule has 0 saturated heterocycles. The third kappa shape index (κ3) is 3.09. The van der Waals surface area contributed by atoms with Crippen LogP contribution in [0.3, 0.4) is 0 Å². The van der Waals surface area contributed by atoms with Crippen molar-refractivity contribution < 1.29 is 4.79 Å². The number of ketones is 1. The number of aryl methyl sites for hydroxylation is 1. The van der Waals surface area contributed by atoms with Crippen LogP contribution in [-0.4, -0.2) is 12.3 Å². The van der Waals surface area contributed by atoms with Crippen LogP contribution in [0.5, 0.6) is 0 Å². The van der Waals surface area contributed by atoms with Gasteiger partial charge in [-0.1, -0.05) is 17.7 Å². The van der Waals surface area contributed by atoms with E-state index < -0.39 is 0 Å². The van der Waals surface area contributed by atoms with Crippen molar-refractivity contribution in [3.05, 3.63) is 29.8 Å². The molecule has 2 rings (SSSR count). The molecule has 1 aliphatic rings. The summed E-state index contributed by atoms with van der Waals surface area (Å²) in [5, 5.41) is 3.45. The number of nitrogens with one attached hydrogen (secondary N) is 1. The molecular formula is C14H19NO. The predicted octanol–water partition coefficient (Wildman–Crippen LogP) is 3.17. The summed E-state index contributed by atoms with van der Waals surface area (Å²) in [5.74, 6) is 1.10. The first kappa shape index (κ1) is 11.2. The molecule has 86 valence electrons. The molecule has 1 N–H and O–H groups in total. The minimum Gasteiger partial charge on any atom is -0.385 e. The van der Waals surface area contributed by atoms with Gasteiger partial charge in [-0.3, -0.25) is 4.79 Å². The summed E-state index contributed by atoms with van der Waals surface area (Å²) in [4.78, 5) is 11.1. The highest BCUT2D eigenvalue weighted by molar-refractivity contribution is 5.79. The maximum absolute atomic E-state index is 11.1. The number of rotatable bonds is 3. The third-order valence-corrected chi connectivity index (χ3v) is 3.31. The highest BCUT2D eigenvalue weighted by Crippen LogP contribution is 2.22. The molecule has 0 unspecified atom stereocenters. The molecule has 1 aliphatic carbocycles. The molecule has 1 saturated carbocycles. The second-order valence-electron chi connectivity index (χ2n) is 4.73. The van der Waals surface area contributed by atoms with E-state index in [1.807, 2.05) is 0 Å². The summed E-state index contributed by atoms with van der Waals surface area (Å²) in [6.45, 7) is 3.09. The van der Waals surface area contributed by atoms with Crippen molar-refractivity contribution in [3.63, 3.8) is 0 Å². The number of hydrogen-bond donors (Lipinski definition) is 1. The van der Waals surface area contributed by atoms with Gasteiger partial charge in [-0.05, 0) is 37.8 Å². The van der Waals surface area contributed by atoms with Crippen LogP contribution >= 0.6 is 0 Å². The molecular weight excluding hydrogens is 198 g/mol. The molecule has 0 radical (unpaired) electrons. The molecule has 0 spiro atoms. The molecule has 1 fully saturated rings. The number of anilines is 1. The summed E-state index contributed by atoms with van der Waals surface area (Å²) >= 11 is 0. The Labute approximate surface area is 97.1 Å². The number of hydrogen-bond acceptors (Lipinski definition) is 2. The summed E-state index contributed by atoms with van der Waals surface area (Å²) in [5.41, 5.74) is 2.47. The van der Waals surface area contributed by atoms with E-state index in [2.05, 4.69) is 36.5 Å². The molecule has 2 heteroatoms. The molecule has 0 aliphatic heterocycles. The number of carbonyl (C=O) groups is 1. The number of benzene rings is 1. The van der Waals surface area contributed by atoms with Crippen LogP contribution in [0, 0.1) is 12.8 Å². The smallest absolute Gasteiger partial charge is 0.132 e. The van der Waals surface area contributed by atoms with Crippen LogP contribution in [0.4, 0.5) is 5.69 Å². The third-order valence-electron chi connectivity index (χ3n) is 3.31. The summed E-state index contributed by atoms with van der Waals surface area (Å²) < 4.78 is 0. The van der Waals surface area contributed by atoms with Gasteiger partial charge < -0.3 is 5.32 Å². The number of carbonyl (C=O) groups excluding carboxylic acids is 1. The van der Waals surface area contributed by atoms with Crippen molar-refractivity contribution in [1.82, 2.24) is 0 Å². The molecule has 0 bridgehead atoms. The van der Waals surface area contributed by atoms with E-state index in [1.54, 1.807) is 0 Å². The monoisotopic (exact) mass is 217 g/mol. The second kappa shape index (κ2) is 5.15. The molecule has 16 heavy (non-hydrogen) atoms. The van der Waals surface area contributed by atoms with Crippen LogP contribution in [-0.2, 0) is 4.79 Å². The minimum atomic E-state index is 0.437. The Morgan fingerprint density at radius 1 is 1.19 bits per heavy atom. The lowest BCUT2D eigenvalue weighted by Gasteiger charge is -2.21. The van der Waals surface area contributed by atoms with E-state index in [-0.39, 0.29) is 0 Å². The predicted molar refractivity (Wildman–Crippen MR) is 66.6 cm³/mol. The van der Waals surface area contributed by atoms with Gasteiger partial charge in [-0.15, -0.1) is 0 Å². The SMILES string of the molecule is Cc1ccc(NCC2CCC(=O)CC2)cc1. The van der Waals surface area contributed by atoms with E-state index in [1.165, 1.54) is 11.3 Å². The molecule has 1 aromatic carbocycles. The van der Waals surface area contributed by atoms with Crippen molar-refractivity contribution in [1.29, 1.82) is 0 Å². The Morgan fingerprint density at radius 3 is 2.44 bits per heavy atom. The highest BCUT2D eigenvalue weighted by atomic mass is 16.1. The fourth-order valence-corrected chi connectivity index (χ4v) is 2.14. The van der Waals surface area contributed by atoms with Gasteiger partial charge in [0.15, 0.2) is 0 Å². The van der Waals surface area contributed by atoms with Crippen LogP contribution < -0.4 is 5.32 Å². The van der Waals surface area contributed by atoms with Crippen molar-refractivity contribution in [3.8, 4) is 0 Å². The zero-order valence-electron chi connectivity index (χ0n) is 9.83. The van der Waals surface area contributed by atoms with Gasteiger partial charge in [-0.2, -0.15) is 0 Å². The highest BCUT2D eigenvalue weighted by Gasteiger charge is 2.17. The topological polar surface area (TPSA) is 29.1 Å². The first-order valence-electron chi connectivity index (χ1n) is 6.06. The Morgan fingerprint density at radius 2 is 1.81 bits per heavy atom. The van der Waals surface area contributed by atoms with Crippen LogP contribution in [0.15, 0.2) is 24.3 Å². The Kier molecular flexibility index (Phi) is 3.60. The minimum absolute atomic E-state index is 0.437. The zero-order valence-corrected chi connectivity index (χ0v) is 9.83. The van der Waals surface area contributed by atoms with Gasteiger partial charge in [0.2, 0.25) is 0 Å². The number of Topliss-reactive ketones (excluding diaryl/α,β-unsaturated/α-hetero) is 1. The average molecular weight is 217 g/mol. The van der Waals surface area contributed by atoms with Crippen molar-refractivity contribution in [2.24, 2.45) is 5.92 Å². The first-order chi connectivity index (χ1) is 7.74. The van der Waals surface area contributed by atoms with Gasteiger partial charge in [0.05, 0.1) is 0 Å². The van der Waals surface area contributed by atoms with Gasteiger partial charge in [-0.25, -0.2) is 0 Å². The molecule has 2 nitrogen and oxygen atoms in total. The standard InChI is InChI=1S/C14H19NO/c1-11-2-6-13(7-3-11)15-10-12-4-8-14(16)9-5-12/h2-3,6-7,12,15H,4-5,8-10H2,1H3. The fourth-order valence-electron chi connectivity index (χ4n) is 2.14. The van der Waals surface area contributed by atoms with Gasteiger partial charge in [0.1, 0.15) is 5.78 Å². The largest absolute Gasteiger partial charge is 0.385 e. The van der Waals surface area contributed by atoms with Gasteiger partial charge >= 0.3 is 0 Å². The van der Waals surface area contributed by atoms with Crippen LogP contribution in [0.1, 0.15) is 31.2 Å². The molecule has 0 amide bonds. The normalized spacial score (nSPS) is 17.4. The van der Waals surface area contributed by atoms with E-state index in [9.17, 15) is 4.79 Å². The molecule has 0 aromatic heterocycles. The second-order valence-corrected chi connectivity index (χ2v) is 4.73. The molecule has 1 aromatic rings. The van der Waals surface area contributed by atoms with E-state index in [4.69, 9.17) is 0 Å². The summed E-state index contributed by atoms with van der Waals surface area (Å²) in [7, 11) is 0. The lowest BCUT2D eigenvalue weighted by molar-refractivity contribution is -0.120. The van der Waals surface area contributed by atoms with E-state index >= 15 is 0 Å². The molecule has 0 heterocycles. The van der Waals surface area contributed by atoms with E-state index in [0.29, 0.717) is 11.7 Å². The zero-order chi connectivity index (χ0) is 11.4. The lowest BCUT2D eigenvalue weighted by atomic mass is 9.88. The maximum Gasteiger partial charge on any atom is 0.132 e. The van der Waals surface area contributed by atoms with Crippen LogP contribution in [0.2, 0.25) is 0 Å². The summed E-state index contributed by atoms with van der Waals surface area (Å²) in [6, 6.07) is 8.46.